The third-order valence-electron chi connectivity index (χ3n) is 5.10. The molecule has 2 aromatic carbocycles. The first-order valence-electron chi connectivity index (χ1n) is 10.8. The van der Waals surface area contributed by atoms with E-state index >= 15 is 0 Å². The highest BCUT2D eigenvalue weighted by Gasteiger charge is 2.25. The molecule has 7 heteroatoms. The van der Waals surface area contributed by atoms with Crippen molar-refractivity contribution in [2.24, 2.45) is 5.92 Å². The molecule has 1 heterocycles. The minimum absolute atomic E-state index is 0.135. The molecule has 170 valence electrons. The molecule has 0 spiro atoms. The Hall–Kier alpha value is -4.00. The predicted octanol–water partition coefficient (Wildman–Crippen LogP) is 3.71. The van der Waals surface area contributed by atoms with Gasteiger partial charge in [0.15, 0.2) is 0 Å². The first-order chi connectivity index (χ1) is 15.8. The summed E-state index contributed by atoms with van der Waals surface area (Å²) < 4.78 is 0. The Morgan fingerprint density at radius 1 is 0.879 bits per heavy atom. The van der Waals surface area contributed by atoms with Crippen molar-refractivity contribution in [3.05, 3.63) is 95.3 Å². The molecule has 3 rings (SSSR count). The highest BCUT2D eigenvalue weighted by molar-refractivity contribution is 6.02. The summed E-state index contributed by atoms with van der Waals surface area (Å²) in [7, 11) is 0. The highest BCUT2D eigenvalue weighted by Crippen LogP contribution is 2.14. The Bertz CT molecular complexity index is 1110. The van der Waals surface area contributed by atoms with E-state index < -0.39 is 6.04 Å². The average molecular weight is 445 g/mol. The maximum Gasteiger partial charge on any atom is 0.251 e. The van der Waals surface area contributed by atoms with Crippen molar-refractivity contribution >= 4 is 23.4 Å². The number of benzene rings is 2. The second kappa shape index (κ2) is 11.0. The standard InChI is InChI=1S/C26H28N4O3/c1-17(2)23(30-25(32)19-12-10-18(3)11-13-19)26(33)29-21-9-6-7-20(15-21)24(31)28-16-22-8-4-5-14-27-22/h4-15,17,23H,16H2,1-3H3,(H,28,31)(H,29,33)(H,30,32). The van der Waals surface area contributed by atoms with Crippen LogP contribution < -0.4 is 16.0 Å². The summed E-state index contributed by atoms with van der Waals surface area (Å²) in [4.78, 5) is 42.2. The summed E-state index contributed by atoms with van der Waals surface area (Å²) in [6.45, 7) is 5.97. The van der Waals surface area contributed by atoms with Crippen molar-refractivity contribution in [2.75, 3.05) is 5.32 Å². The van der Waals surface area contributed by atoms with Gasteiger partial charge in [-0.1, -0.05) is 43.7 Å². The molecule has 7 nitrogen and oxygen atoms in total. The van der Waals surface area contributed by atoms with Crippen molar-refractivity contribution in [3.63, 3.8) is 0 Å². The number of carbonyl (C=O) groups excluding carboxylic acids is 3. The molecule has 0 aliphatic carbocycles. The predicted molar refractivity (Wildman–Crippen MR) is 128 cm³/mol. The average Bonchev–Trinajstić information content (AvgIpc) is 2.81. The lowest BCUT2D eigenvalue weighted by atomic mass is 10.0. The molecule has 0 saturated carbocycles. The largest absolute Gasteiger partial charge is 0.346 e. The molecular weight excluding hydrogens is 416 g/mol. The molecule has 0 saturated heterocycles. The van der Waals surface area contributed by atoms with Gasteiger partial charge in [-0.05, 0) is 55.3 Å². The van der Waals surface area contributed by atoms with Crippen molar-refractivity contribution in [1.29, 1.82) is 0 Å². The van der Waals surface area contributed by atoms with Gasteiger partial charge in [-0.3, -0.25) is 19.4 Å². The number of hydrogen-bond acceptors (Lipinski definition) is 4. The van der Waals surface area contributed by atoms with Gasteiger partial charge in [0.2, 0.25) is 5.91 Å². The Kier molecular flexibility index (Phi) is 7.91. The summed E-state index contributed by atoms with van der Waals surface area (Å²) in [5.41, 5.74) is 3.17. The number of carbonyl (C=O) groups is 3. The Morgan fingerprint density at radius 2 is 1.64 bits per heavy atom. The fourth-order valence-electron chi connectivity index (χ4n) is 3.20. The van der Waals surface area contributed by atoms with Gasteiger partial charge in [0.05, 0.1) is 12.2 Å². The van der Waals surface area contributed by atoms with Crippen molar-refractivity contribution in [2.45, 2.75) is 33.4 Å². The van der Waals surface area contributed by atoms with E-state index in [4.69, 9.17) is 0 Å². The molecule has 3 amide bonds. The fourth-order valence-corrected chi connectivity index (χ4v) is 3.20. The van der Waals surface area contributed by atoms with Gasteiger partial charge >= 0.3 is 0 Å². The molecule has 3 N–H and O–H groups in total. The van der Waals surface area contributed by atoms with Crippen LogP contribution in [0.1, 0.15) is 45.8 Å². The Morgan fingerprint density at radius 3 is 2.30 bits per heavy atom. The summed E-state index contributed by atoms with van der Waals surface area (Å²) in [6.07, 6.45) is 1.67. The van der Waals surface area contributed by atoms with Gasteiger partial charge in [-0.25, -0.2) is 0 Å². The first kappa shape index (κ1) is 23.7. The van der Waals surface area contributed by atoms with E-state index in [-0.39, 0.29) is 23.6 Å². The number of amides is 3. The molecule has 1 atom stereocenters. The molecule has 0 fully saturated rings. The van der Waals surface area contributed by atoms with Crippen molar-refractivity contribution < 1.29 is 14.4 Å². The van der Waals surface area contributed by atoms with E-state index in [0.29, 0.717) is 23.4 Å². The van der Waals surface area contributed by atoms with Crippen LogP contribution in [0, 0.1) is 12.8 Å². The zero-order chi connectivity index (χ0) is 23.8. The molecule has 0 radical (unpaired) electrons. The van der Waals surface area contributed by atoms with E-state index in [2.05, 4.69) is 20.9 Å². The lowest BCUT2D eigenvalue weighted by Gasteiger charge is -2.22. The minimum Gasteiger partial charge on any atom is -0.346 e. The van der Waals surface area contributed by atoms with E-state index in [1.165, 1.54) is 0 Å². The number of nitrogens with one attached hydrogen (secondary N) is 3. The monoisotopic (exact) mass is 444 g/mol. The lowest BCUT2D eigenvalue weighted by molar-refractivity contribution is -0.118. The second-order valence-corrected chi connectivity index (χ2v) is 8.13. The number of hydrogen-bond donors (Lipinski definition) is 3. The number of aryl methyl sites for hydroxylation is 1. The number of aromatic nitrogens is 1. The van der Waals surface area contributed by atoms with Crippen molar-refractivity contribution in [1.82, 2.24) is 15.6 Å². The number of pyridine rings is 1. The molecule has 3 aromatic rings. The third kappa shape index (κ3) is 6.74. The summed E-state index contributed by atoms with van der Waals surface area (Å²) in [5, 5.41) is 8.44. The molecule has 0 bridgehead atoms. The molecule has 33 heavy (non-hydrogen) atoms. The van der Waals surface area contributed by atoms with Gasteiger partial charge in [-0.15, -0.1) is 0 Å². The summed E-state index contributed by atoms with van der Waals surface area (Å²) >= 11 is 0. The van der Waals surface area contributed by atoms with E-state index in [1.807, 2.05) is 51.1 Å². The van der Waals surface area contributed by atoms with E-state index in [9.17, 15) is 14.4 Å². The summed E-state index contributed by atoms with van der Waals surface area (Å²) in [6, 6.07) is 18.6. The molecule has 0 aliphatic rings. The highest BCUT2D eigenvalue weighted by atomic mass is 16.2. The van der Waals surface area contributed by atoms with Crippen LogP contribution in [0.15, 0.2) is 72.9 Å². The van der Waals surface area contributed by atoms with Gasteiger partial charge in [-0.2, -0.15) is 0 Å². The number of anilines is 1. The molecule has 1 aromatic heterocycles. The molecule has 0 aliphatic heterocycles. The SMILES string of the molecule is Cc1ccc(C(=O)NC(C(=O)Nc2cccc(C(=O)NCc3ccccn3)c2)C(C)C)cc1. The molecular formula is C26H28N4O3. The zero-order valence-corrected chi connectivity index (χ0v) is 19.0. The van der Waals surface area contributed by atoms with Crippen LogP contribution in [0.5, 0.6) is 0 Å². The number of rotatable bonds is 8. The van der Waals surface area contributed by atoms with Crippen LogP contribution in [-0.2, 0) is 11.3 Å². The van der Waals surface area contributed by atoms with Gasteiger partial charge in [0, 0.05) is 23.0 Å². The van der Waals surface area contributed by atoms with Crippen LogP contribution in [0.4, 0.5) is 5.69 Å². The minimum atomic E-state index is -0.736. The lowest BCUT2D eigenvalue weighted by Crippen LogP contribution is -2.47. The fraction of sp³-hybridized carbons (Fsp3) is 0.231. The van der Waals surface area contributed by atoms with Crippen LogP contribution in [0.2, 0.25) is 0 Å². The Balaban J connectivity index is 1.64. The van der Waals surface area contributed by atoms with Gasteiger partial charge < -0.3 is 16.0 Å². The van der Waals surface area contributed by atoms with Gasteiger partial charge in [0.25, 0.3) is 11.8 Å². The van der Waals surface area contributed by atoms with Crippen LogP contribution in [0.25, 0.3) is 0 Å². The topological polar surface area (TPSA) is 100 Å². The normalized spacial score (nSPS) is 11.5. The Labute approximate surface area is 193 Å². The third-order valence-corrected chi connectivity index (χ3v) is 5.10. The zero-order valence-electron chi connectivity index (χ0n) is 19.0. The van der Waals surface area contributed by atoms with Crippen LogP contribution >= 0.6 is 0 Å². The van der Waals surface area contributed by atoms with Crippen molar-refractivity contribution in [3.8, 4) is 0 Å². The van der Waals surface area contributed by atoms with E-state index in [0.717, 1.165) is 11.3 Å². The summed E-state index contributed by atoms with van der Waals surface area (Å²) in [5.74, 6) is -1.07. The first-order valence-corrected chi connectivity index (χ1v) is 10.8. The van der Waals surface area contributed by atoms with Crippen LogP contribution in [0.3, 0.4) is 0 Å². The second-order valence-electron chi connectivity index (χ2n) is 8.13. The quantitative estimate of drug-likeness (QED) is 0.493. The smallest absolute Gasteiger partial charge is 0.251 e. The molecule has 1 unspecified atom stereocenters. The van der Waals surface area contributed by atoms with Gasteiger partial charge in [0.1, 0.15) is 6.04 Å². The van der Waals surface area contributed by atoms with Crippen LogP contribution in [-0.4, -0.2) is 28.7 Å². The maximum atomic E-state index is 12.9. The maximum absolute atomic E-state index is 12.9. The number of nitrogens with zero attached hydrogens (tertiary/aromatic N) is 1. The van der Waals surface area contributed by atoms with E-state index in [1.54, 1.807) is 42.6 Å².